The van der Waals surface area contributed by atoms with Crippen molar-refractivity contribution in [3.8, 4) is 0 Å². The SMILES string of the molecule is Cc1cccc(C(O)CCC2CCCO2)c1I. The van der Waals surface area contributed by atoms with Gasteiger partial charge in [0.15, 0.2) is 0 Å². The number of ether oxygens (including phenoxy) is 1. The summed E-state index contributed by atoms with van der Waals surface area (Å²) in [5.74, 6) is 0. The number of aryl methyl sites for hydroxylation is 1. The average molecular weight is 346 g/mol. The van der Waals surface area contributed by atoms with Crippen molar-refractivity contribution in [3.05, 3.63) is 32.9 Å². The summed E-state index contributed by atoms with van der Waals surface area (Å²) in [5, 5.41) is 10.2. The molecule has 1 fully saturated rings. The maximum atomic E-state index is 10.2. The van der Waals surface area contributed by atoms with Crippen molar-refractivity contribution in [1.29, 1.82) is 0 Å². The highest BCUT2D eigenvalue weighted by molar-refractivity contribution is 14.1. The molecule has 1 aromatic carbocycles. The molecule has 1 aromatic rings. The van der Waals surface area contributed by atoms with Crippen molar-refractivity contribution in [2.45, 2.75) is 44.8 Å². The van der Waals surface area contributed by atoms with Gasteiger partial charge < -0.3 is 9.84 Å². The van der Waals surface area contributed by atoms with Crippen molar-refractivity contribution in [1.82, 2.24) is 0 Å². The molecule has 0 radical (unpaired) electrons. The minimum Gasteiger partial charge on any atom is -0.388 e. The van der Waals surface area contributed by atoms with Gasteiger partial charge in [0, 0.05) is 10.2 Å². The first-order chi connectivity index (χ1) is 8.18. The van der Waals surface area contributed by atoms with Crippen LogP contribution in [0, 0.1) is 10.5 Å². The molecular weight excluding hydrogens is 327 g/mol. The van der Waals surface area contributed by atoms with Crippen LogP contribution in [0.5, 0.6) is 0 Å². The van der Waals surface area contributed by atoms with E-state index >= 15 is 0 Å². The van der Waals surface area contributed by atoms with Gasteiger partial charge in [-0.15, -0.1) is 0 Å². The summed E-state index contributed by atoms with van der Waals surface area (Å²) in [5.41, 5.74) is 2.29. The summed E-state index contributed by atoms with van der Waals surface area (Å²) >= 11 is 2.32. The smallest absolute Gasteiger partial charge is 0.0801 e. The van der Waals surface area contributed by atoms with E-state index < -0.39 is 0 Å². The maximum absolute atomic E-state index is 10.2. The number of benzene rings is 1. The Morgan fingerprint density at radius 1 is 1.53 bits per heavy atom. The Bertz CT molecular complexity index is 372. The van der Waals surface area contributed by atoms with Gasteiger partial charge in [-0.2, -0.15) is 0 Å². The van der Waals surface area contributed by atoms with Crippen LogP contribution in [0.25, 0.3) is 0 Å². The predicted molar refractivity (Wildman–Crippen MR) is 77.1 cm³/mol. The number of hydrogen-bond acceptors (Lipinski definition) is 2. The van der Waals surface area contributed by atoms with Gasteiger partial charge in [-0.1, -0.05) is 18.2 Å². The second-order valence-electron chi connectivity index (χ2n) is 4.71. The second-order valence-corrected chi connectivity index (χ2v) is 5.79. The molecule has 0 amide bonds. The highest BCUT2D eigenvalue weighted by Gasteiger charge is 2.18. The lowest BCUT2D eigenvalue weighted by atomic mass is 10.0. The Kier molecular flexibility index (Phi) is 4.82. The van der Waals surface area contributed by atoms with E-state index in [2.05, 4.69) is 35.6 Å². The largest absolute Gasteiger partial charge is 0.388 e. The first kappa shape index (κ1) is 13.3. The molecule has 0 saturated carbocycles. The number of aliphatic hydroxyl groups excluding tert-OH is 1. The lowest BCUT2D eigenvalue weighted by Gasteiger charge is -2.16. The number of rotatable bonds is 4. The normalized spacial score (nSPS) is 21.7. The molecule has 17 heavy (non-hydrogen) atoms. The summed E-state index contributed by atoms with van der Waals surface area (Å²) in [6, 6.07) is 6.12. The minimum absolute atomic E-state index is 0.356. The fraction of sp³-hybridized carbons (Fsp3) is 0.571. The zero-order valence-electron chi connectivity index (χ0n) is 10.2. The average Bonchev–Trinajstić information content (AvgIpc) is 2.82. The Labute approximate surface area is 117 Å². The summed E-state index contributed by atoms with van der Waals surface area (Å²) in [6.07, 6.45) is 4.09. The van der Waals surface area contributed by atoms with E-state index in [1.807, 2.05) is 12.1 Å². The van der Waals surface area contributed by atoms with E-state index in [0.29, 0.717) is 6.10 Å². The van der Waals surface area contributed by atoms with Gasteiger partial charge in [0.05, 0.1) is 12.2 Å². The molecule has 2 nitrogen and oxygen atoms in total. The third kappa shape index (κ3) is 3.42. The molecule has 1 saturated heterocycles. The maximum Gasteiger partial charge on any atom is 0.0801 e. The highest BCUT2D eigenvalue weighted by atomic mass is 127. The van der Waals surface area contributed by atoms with Crippen LogP contribution in [0.1, 0.15) is 42.9 Å². The van der Waals surface area contributed by atoms with Crippen LogP contribution in [-0.2, 0) is 4.74 Å². The highest BCUT2D eigenvalue weighted by Crippen LogP contribution is 2.28. The topological polar surface area (TPSA) is 29.5 Å². The van der Waals surface area contributed by atoms with E-state index in [-0.39, 0.29) is 6.10 Å². The minimum atomic E-state index is -0.356. The molecule has 0 aliphatic carbocycles. The third-order valence-corrected chi connectivity index (χ3v) is 4.84. The summed E-state index contributed by atoms with van der Waals surface area (Å²) in [6.45, 7) is 2.97. The van der Waals surface area contributed by atoms with Crippen LogP contribution in [0.4, 0.5) is 0 Å². The molecule has 0 bridgehead atoms. The fourth-order valence-electron chi connectivity index (χ4n) is 2.30. The van der Waals surface area contributed by atoms with Crippen LogP contribution < -0.4 is 0 Å². The quantitative estimate of drug-likeness (QED) is 0.845. The fourth-order valence-corrected chi connectivity index (χ4v) is 3.02. The molecule has 1 aliphatic heterocycles. The molecule has 0 aromatic heterocycles. The van der Waals surface area contributed by atoms with Gasteiger partial charge in [0.1, 0.15) is 0 Å². The van der Waals surface area contributed by atoms with E-state index in [4.69, 9.17) is 4.74 Å². The third-order valence-electron chi connectivity index (χ3n) is 3.37. The Balaban J connectivity index is 1.94. The molecule has 94 valence electrons. The monoisotopic (exact) mass is 346 g/mol. The van der Waals surface area contributed by atoms with Crippen molar-refractivity contribution in [3.63, 3.8) is 0 Å². The Morgan fingerprint density at radius 3 is 3.06 bits per heavy atom. The van der Waals surface area contributed by atoms with Crippen molar-refractivity contribution in [2.75, 3.05) is 6.61 Å². The van der Waals surface area contributed by atoms with E-state index in [1.165, 1.54) is 15.6 Å². The molecule has 1 N–H and O–H groups in total. The second kappa shape index (κ2) is 6.16. The number of hydrogen-bond donors (Lipinski definition) is 1. The predicted octanol–water partition coefficient (Wildman–Crippen LogP) is 3.59. The first-order valence-corrected chi connectivity index (χ1v) is 7.31. The van der Waals surface area contributed by atoms with Crippen molar-refractivity contribution < 1.29 is 9.84 Å². The lowest BCUT2D eigenvalue weighted by Crippen LogP contribution is -2.09. The number of aliphatic hydroxyl groups is 1. The molecular formula is C14H19IO2. The summed E-state index contributed by atoms with van der Waals surface area (Å²) in [7, 11) is 0. The van der Waals surface area contributed by atoms with Crippen LogP contribution in [0.3, 0.4) is 0 Å². The van der Waals surface area contributed by atoms with Crippen molar-refractivity contribution in [2.24, 2.45) is 0 Å². The Hall–Kier alpha value is -0.130. The molecule has 1 heterocycles. The van der Waals surface area contributed by atoms with Gasteiger partial charge in [-0.05, 0) is 66.3 Å². The standard InChI is InChI=1S/C14H19IO2/c1-10-4-2-6-12(14(10)15)13(16)8-7-11-5-3-9-17-11/h2,4,6,11,13,16H,3,5,7-9H2,1H3. The zero-order chi connectivity index (χ0) is 12.3. The van der Waals surface area contributed by atoms with Crippen LogP contribution in [0.2, 0.25) is 0 Å². The first-order valence-electron chi connectivity index (χ1n) is 6.23. The zero-order valence-corrected chi connectivity index (χ0v) is 12.3. The van der Waals surface area contributed by atoms with Gasteiger partial charge in [-0.3, -0.25) is 0 Å². The van der Waals surface area contributed by atoms with Gasteiger partial charge in [0.2, 0.25) is 0 Å². The van der Waals surface area contributed by atoms with E-state index in [9.17, 15) is 5.11 Å². The van der Waals surface area contributed by atoms with Gasteiger partial charge in [0.25, 0.3) is 0 Å². The lowest BCUT2D eigenvalue weighted by molar-refractivity contribution is 0.0810. The number of halogens is 1. The summed E-state index contributed by atoms with van der Waals surface area (Å²) < 4.78 is 6.77. The molecule has 3 heteroatoms. The molecule has 2 atom stereocenters. The van der Waals surface area contributed by atoms with Crippen LogP contribution in [-0.4, -0.2) is 17.8 Å². The Morgan fingerprint density at radius 2 is 2.35 bits per heavy atom. The van der Waals surface area contributed by atoms with E-state index in [1.54, 1.807) is 0 Å². The van der Waals surface area contributed by atoms with E-state index in [0.717, 1.165) is 31.4 Å². The molecule has 2 rings (SSSR count). The molecule has 0 spiro atoms. The van der Waals surface area contributed by atoms with Crippen LogP contribution >= 0.6 is 22.6 Å². The van der Waals surface area contributed by atoms with Gasteiger partial charge >= 0.3 is 0 Å². The molecule has 1 aliphatic rings. The van der Waals surface area contributed by atoms with Gasteiger partial charge in [-0.25, -0.2) is 0 Å². The van der Waals surface area contributed by atoms with Crippen LogP contribution in [0.15, 0.2) is 18.2 Å². The molecule has 2 unspecified atom stereocenters. The van der Waals surface area contributed by atoms with Crippen molar-refractivity contribution >= 4 is 22.6 Å². The summed E-state index contributed by atoms with van der Waals surface area (Å²) in [4.78, 5) is 0.